The monoisotopic (exact) mass is 260 g/mol. The summed E-state index contributed by atoms with van der Waals surface area (Å²) in [5.41, 5.74) is 9.16. The standard InChI is InChI=1S/C15H20N2O2/c1-9-17-13-7-4-11(8-14(13)19-9)15(16)10-2-5-12(18)6-3-10/h4,7-8,10,12,15,18H,2-3,5-6,16H2,1H3. The van der Waals surface area contributed by atoms with Gasteiger partial charge in [-0.25, -0.2) is 4.98 Å². The fraction of sp³-hybridized carbons (Fsp3) is 0.533. The smallest absolute Gasteiger partial charge is 0.192 e. The second-order valence-electron chi connectivity index (χ2n) is 5.55. The van der Waals surface area contributed by atoms with Crippen LogP contribution in [0.15, 0.2) is 22.6 Å². The molecule has 1 atom stereocenters. The number of oxazole rings is 1. The lowest BCUT2D eigenvalue weighted by atomic mass is 9.80. The Morgan fingerprint density at radius 2 is 2.05 bits per heavy atom. The average molecular weight is 260 g/mol. The molecular weight excluding hydrogens is 240 g/mol. The van der Waals surface area contributed by atoms with Crippen LogP contribution in [0.5, 0.6) is 0 Å². The summed E-state index contributed by atoms with van der Waals surface area (Å²) in [6.45, 7) is 1.85. The maximum Gasteiger partial charge on any atom is 0.192 e. The van der Waals surface area contributed by atoms with Gasteiger partial charge >= 0.3 is 0 Å². The Balaban J connectivity index is 1.82. The SMILES string of the molecule is Cc1nc2ccc(C(N)C3CCC(O)CC3)cc2o1. The maximum atomic E-state index is 9.56. The second kappa shape index (κ2) is 4.94. The molecule has 1 heterocycles. The number of hydrogen-bond donors (Lipinski definition) is 2. The first-order valence-electron chi connectivity index (χ1n) is 6.94. The third-order valence-corrected chi connectivity index (χ3v) is 4.15. The summed E-state index contributed by atoms with van der Waals surface area (Å²) in [5, 5.41) is 9.56. The van der Waals surface area contributed by atoms with Crippen molar-refractivity contribution in [1.82, 2.24) is 4.98 Å². The van der Waals surface area contributed by atoms with E-state index in [0.717, 1.165) is 42.3 Å². The topological polar surface area (TPSA) is 72.3 Å². The highest BCUT2D eigenvalue weighted by molar-refractivity contribution is 5.73. The van der Waals surface area contributed by atoms with Crippen LogP contribution < -0.4 is 5.73 Å². The normalized spacial score (nSPS) is 25.6. The predicted molar refractivity (Wildman–Crippen MR) is 73.6 cm³/mol. The van der Waals surface area contributed by atoms with Crippen LogP contribution in [0.4, 0.5) is 0 Å². The maximum absolute atomic E-state index is 9.56. The predicted octanol–water partition coefficient (Wildman–Crippen LogP) is 2.69. The molecule has 0 radical (unpaired) electrons. The van der Waals surface area contributed by atoms with Gasteiger partial charge in [0.15, 0.2) is 11.5 Å². The molecule has 1 aliphatic carbocycles. The molecule has 3 N–H and O–H groups in total. The zero-order chi connectivity index (χ0) is 13.4. The van der Waals surface area contributed by atoms with Crippen LogP contribution in [0.2, 0.25) is 0 Å². The van der Waals surface area contributed by atoms with Gasteiger partial charge in [0, 0.05) is 13.0 Å². The first-order valence-corrected chi connectivity index (χ1v) is 6.94. The van der Waals surface area contributed by atoms with Crippen molar-refractivity contribution in [1.29, 1.82) is 0 Å². The van der Waals surface area contributed by atoms with Gasteiger partial charge in [0.1, 0.15) is 5.52 Å². The van der Waals surface area contributed by atoms with E-state index in [1.54, 1.807) is 0 Å². The lowest BCUT2D eigenvalue weighted by molar-refractivity contribution is 0.102. The molecule has 1 unspecified atom stereocenters. The van der Waals surface area contributed by atoms with Gasteiger partial charge in [-0.3, -0.25) is 0 Å². The molecule has 1 aliphatic rings. The van der Waals surface area contributed by atoms with Crippen molar-refractivity contribution >= 4 is 11.1 Å². The number of aliphatic hydroxyl groups excluding tert-OH is 1. The minimum atomic E-state index is -0.136. The molecule has 1 fully saturated rings. The van der Waals surface area contributed by atoms with Crippen LogP contribution in [-0.4, -0.2) is 16.2 Å². The van der Waals surface area contributed by atoms with Gasteiger partial charge in [-0.1, -0.05) is 6.07 Å². The van der Waals surface area contributed by atoms with Gasteiger partial charge in [0.25, 0.3) is 0 Å². The summed E-state index contributed by atoms with van der Waals surface area (Å²) < 4.78 is 5.56. The van der Waals surface area contributed by atoms with Crippen LogP contribution >= 0.6 is 0 Å². The second-order valence-corrected chi connectivity index (χ2v) is 5.55. The van der Waals surface area contributed by atoms with Crippen molar-refractivity contribution in [2.75, 3.05) is 0 Å². The zero-order valence-electron chi connectivity index (χ0n) is 11.2. The molecule has 19 heavy (non-hydrogen) atoms. The first kappa shape index (κ1) is 12.6. The van der Waals surface area contributed by atoms with E-state index in [2.05, 4.69) is 4.98 Å². The first-order chi connectivity index (χ1) is 9.13. The fourth-order valence-corrected chi connectivity index (χ4v) is 3.00. The van der Waals surface area contributed by atoms with E-state index in [1.807, 2.05) is 25.1 Å². The molecule has 1 aromatic carbocycles. The van der Waals surface area contributed by atoms with Crippen molar-refractivity contribution in [2.45, 2.75) is 44.8 Å². The van der Waals surface area contributed by atoms with E-state index in [9.17, 15) is 5.11 Å². The largest absolute Gasteiger partial charge is 0.441 e. The molecule has 4 heteroatoms. The molecule has 4 nitrogen and oxygen atoms in total. The van der Waals surface area contributed by atoms with Crippen molar-refractivity contribution in [3.8, 4) is 0 Å². The summed E-state index contributed by atoms with van der Waals surface area (Å²) in [4.78, 5) is 4.30. The third-order valence-electron chi connectivity index (χ3n) is 4.15. The summed E-state index contributed by atoms with van der Waals surface area (Å²) in [5.74, 6) is 1.13. The molecule has 0 saturated heterocycles. The van der Waals surface area contributed by atoms with Crippen LogP contribution in [0.3, 0.4) is 0 Å². The molecule has 0 bridgehead atoms. The van der Waals surface area contributed by atoms with Gasteiger partial charge in [-0.05, 0) is 49.3 Å². The van der Waals surface area contributed by atoms with Gasteiger partial charge < -0.3 is 15.3 Å². The van der Waals surface area contributed by atoms with E-state index >= 15 is 0 Å². The number of nitrogens with two attached hydrogens (primary N) is 1. The quantitative estimate of drug-likeness (QED) is 0.870. The number of benzene rings is 1. The Morgan fingerprint density at radius 3 is 2.79 bits per heavy atom. The Hall–Kier alpha value is -1.39. The number of nitrogens with zero attached hydrogens (tertiary/aromatic N) is 1. The Kier molecular flexibility index (Phi) is 3.29. The molecule has 2 aromatic rings. The van der Waals surface area contributed by atoms with E-state index in [4.69, 9.17) is 10.2 Å². The molecule has 3 rings (SSSR count). The highest BCUT2D eigenvalue weighted by Crippen LogP contribution is 2.34. The number of hydrogen-bond acceptors (Lipinski definition) is 4. The number of rotatable bonds is 2. The number of fused-ring (bicyclic) bond motifs is 1. The molecule has 0 amide bonds. The molecule has 0 spiro atoms. The van der Waals surface area contributed by atoms with Crippen LogP contribution in [0, 0.1) is 12.8 Å². The van der Waals surface area contributed by atoms with Crippen LogP contribution in [0.1, 0.15) is 43.2 Å². The summed E-state index contributed by atoms with van der Waals surface area (Å²) in [7, 11) is 0. The molecular formula is C15H20N2O2. The Morgan fingerprint density at radius 1 is 1.32 bits per heavy atom. The lowest BCUT2D eigenvalue weighted by Crippen LogP contribution is -2.27. The zero-order valence-corrected chi connectivity index (χ0v) is 11.2. The van der Waals surface area contributed by atoms with Gasteiger partial charge in [0.2, 0.25) is 0 Å². The van der Waals surface area contributed by atoms with E-state index < -0.39 is 0 Å². The van der Waals surface area contributed by atoms with Crippen LogP contribution in [-0.2, 0) is 0 Å². The van der Waals surface area contributed by atoms with Crippen molar-refractivity contribution in [3.63, 3.8) is 0 Å². The Labute approximate surface area is 112 Å². The van der Waals surface area contributed by atoms with Gasteiger partial charge in [0.05, 0.1) is 6.10 Å². The molecule has 1 saturated carbocycles. The minimum Gasteiger partial charge on any atom is -0.441 e. The van der Waals surface area contributed by atoms with Crippen molar-refractivity contribution < 1.29 is 9.52 Å². The van der Waals surface area contributed by atoms with E-state index in [1.165, 1.54) is 0 Å². The van der Waals surface area contributed by atoms with Crippen LogP contribution in [0.25, 0.3) is 11.1 Å². The highest BCUT2D eigenvalue weighted by Gasteiger charge is 2.25. The Bertz CT molecular complexity index is 571. The molecule has 102 valence electrons. The van der Waals surface area contributed by atoms with Gasteiger partial charge in [-0.15, -0.1) is 0 Å². The highest BCUT2D eigenvalue weighted by atomic mass is 16.3. The number of aromatic nitrogens is 1. The fourth-order valence-electron chi connectivity index (χ4n) is 3.00. The minimum absolute atomic E-state index is 0.0160. The lowest BCUT2D eigenvalue weighted by Gasteiger charge is -2.30. The average Bonchev–Trinajstić information content (AvgIpc) is 2.77. The third kappa shape index (κ3) is 2.51. The number of aliphatic hydroxyl groups is 1. The molecule has 1 aromatic heterocycles. The molecule has 0 aliphatic heterocycles. The van der Waals surface area contributed by atoms with Gasteiger partial charge in [-0.2, -0.15) is 0 Å². The summed E-state index contributed by atoms with van der Waals surface area (Å²) >= 11 is 0. The number of aryl methyl sites for hydroxylation is 1. The van der Waals surface area contributed by atoms with Crippen molar-refractivity contribution in [2.24, 2.45) is 11.7 Å². The summed E-state index contributed by atoms with van der Waals surface area (Å²) in [6, 6.07) is 6.03. The van der Waals surface area contributed by atoms with E-state index in [0.29, 0.717) is 11.8 Å². The van der Waals surface area contributed by atoms with E-state index in [-0.39, 0.29) is 12.1 Å². The summed E-state index contributed by atoms with van der Waals surface area (Å²) in [6.07, 6.45) is 3.58. The van der Waals surface area contributed by atoms with Crippen molar-refractivity contribution in [3.05, 3.63) is 29.7 Å².